The van der Waals surface area contributed by atoms with E-state index in [2.05, 4.69) is 0 Å². The molecule has 0 aliphatic carbocycles. The molecule has 0 fully saturated rings. The molecular formula is C18H19N3O5. The summed E-state index contributed by atoms with van der Waals surface area (Å²) in [6, 6.07) is 7.72. The normalized spacial score (nSPS) is 16.7. The highest BCUT2D eigenvalue weighted by atomic mass is 16.6. The van der Waals surface area contributed by atoms with Gasteiger partial charge in [0.05, 0.1) is 23.0 Å². The molecule has 0 spiro atoms. The quantitative estimate of drug-likeness (QED) is 0.470. The molecule has 1 aromatic carbocycles. The van der Waals surface area contributed by atoms with Crippen molar-refractivity contribution in [2.75, 3.05) is 6.61 Å². The van der Waals surface area contributed by atoms with E-state index in [1.54, 1.807) is 13.0 Å². The standard InChI is InChI=1S/C18H19N3O5/c1-3-6-14-16(18(22)25-4-2)15(13(10-19)17(20)26-14)11-7-5-8-12(9-11)21(23)24/h5,7-9,15H,3-4,6,20H2,1-2H3. The Bertz CT molecular complexity index is 835. The number of nitrogens with zero attached hydrogens (tertiary/aromatic N) is 2. The fraction of sp³-hybridized carbons (Fsp3) is 0.333. The molecule has 136 valence electrons. The third-order valence-corrected chi connectivity index (χ3v) is 3.88. The van der Waals surface area contributed by atoms with Crippen molar-refractivity contribution in [3.63, 3.8) is 0 Å². The van der Waals surface area contributed by atoms with Gasteiger partial charge in [-0.05, 0) is 18.9 Å². The number of carbonyl (C=O) groups is 1. The molecular weight excluding hydrogens is 338 g/mol. The maximum atomic E-state index is 12.6. The Morgan fingerprint density at radius 1 is 1.46 bits per heavy atom. The molecule has 0 saturated heterocycles. The van der Waals surface area contributed by atoms with Gasteiger partial charge in [-0.2, -0.15) is 5.26 Å². The molecule has 1 aliphatic heterocycles. The van der Waals surface area contributed by atoms with Crippen molar-refractivity contribution >= 4 is 11.7 Å². The monoisotopic (exact) mass is 357 g/mol. The lowest BCUT2D eigenvalue weighted by Gasteiger charge is -2.28. The molecule has 0 radical (unpaired) electrons. The summed E-state index contributed by atoms with van der Waals surface area (Å²) in [5, 5.41) is 20.7. The minimum atomic E-state index is -0.880. The van der Waals surface area contributed by atoms with E-state index in [1.807, 2.05) is 13.0 Å². The van der Waals surface area contributed by atoms with Crippen LogP contribution in [0.25, 0.3) is 0 Å². The summed E-state index contributed by atoms with van der Waals surface area (Å²) in [5.41, 5.74) is 6.31. The molecule has 1 unspecified atom stereocenters. The topological polar surface area (TPSA) is 128 Å². The molecule has 1 atom stereocenters. The fourth-order valence-corrected chi connectivity index (χ4v) is 2.81. The molecule has 0 saturated carbocycles. The number of nitriles is 1. The summed E-state index contributed by atoms with van der Waals surface area (Å²) in [6.45, 7) is 3.71. The second kappa shape index (κ2) is 8.16. The van der Waals surface area contributed by atoms with Gasteiger partial charge in [-0.3, -0.25) is 10.1 Å². The Balaban J connectivity index is 2.69. The number of non-ortho nitro benzene ring substituents is 1. The minimum absolute atomic E-state index is 0.0217. The van der Waals surface area contributed by atoms with Gasteiger partial charge in [0.25, 0.3) is 5.69 Å². The van der Waals surface area contributed by atoms with E-state index >= 15 is 0 Å². The molecule has 8 heteroatoms. The molecule has 2 rings (SSSR count). The predicted octanol–water partition coefficient (Wildman–Crippen LogP) is 3.02. The van der Waals surface area contributed by atoms with Crippen molar-refractivity contribution in [1.29, 1.82) is 5.26 Å². The van der Waals surface area contributed by atoms with Crippen LogP contribution in [0.4, 0.5) is 5.69 Å². The van der Waals surface area contributed by atoms with Crippen molar-refractivity contribution in [1.82, 2.24) is 0 Å². The number of nitrogens with two attached hydrogens (primary N) is 1. The lowest BCUT2D eigenvalue weighted by molar-refractivity contribution is -0.384. The van der Waals surface area contributed by atoms with Gasteiger partial charge in [0, 0.05) is 18.6 Å². The highest BCUT2D eigenvalue weighted by Crippen LogP contribution is 2.41. The summed E-state index contributed by atoms with van der Waals surface area (Å²) in [7, 11) is 0. The third-order valence-electron chi connectivity index (χ3n) is 3.88. The third kappa shape index (κ3) is 3.67. The minimum Gasteiger partial charge on any atom is -0.463 e. The molecule has 0 bridgehead atoms. The van der Waals surface area contributed by atoms with Crippen LogP contribution < -0.4 is 5.73 Å². The largest absolute Gasteiger partial charge is 0.463 e. The lowest BCUT2D eigenvalue weighted by Crippen LogP contribution is -2.26. The van der Waals surface area contributed by atoms with Crippen LogP contribution in [0.15, 0.2) is 47.1 Å². The van der Waals surface area contributed by atoms with Crippen LogP contribution in [0.2, 0.25) is 0 Å². The zero-order chi connectivity index (χ0) is 19.3. The first-order valence-electron chi connectivity index (χ1n) is 8.16. The van der Waals surface area contributed by atoms with Gasteiger partial charge in [0.15, 0.2) is 0 Å². The van der Waals surface area contributed by atoms with Gasteiger partial charge in [-0.25, -0.2) is 4.79 Å². The van der Waals surface area contributed by atoms with Gasteiger partial charge in [-0.15, -0.1) is 0 Å². The average molecular weight is 357 g/mol. The van der Waals surface area contributed by atoms with Crippen LogP contribution in [0.1, 0.15) is 38.2 Å². The van der Waals surface area contributed by atoms with Crippen LogP contribution in [-0.2, 0) is 14.3 Å². The van der Waals surface area contributed by atoms with E-state index in [1.165, 1.54) is 18.2 Å². The highest BCUT2D eigenvalue weighted by Gasteiger charge is 2.37. The van der Waals surface area contributed by atoms with Crippen molar-refractivity contribution in [3.05, 3.63) is 62.7 Å². The second-order valence-corrected chi connectivity index (χ2v) is 5.58. The number of nitro benzene ring substituents is 1. The van der Waals surface area contributed by atoms with Crippen LogP contribution in [0.5, 0.6) is 0 Å². The van der Waals surface area contributed by atoms with Crippen molar-refractivity contribution in [2.45, 2.75) is 32.6 Å². The van der Waals surface area contributed by atoms with Crippen molar-refractivity contribution in [2.24, 2.45) is 5.73 Å². The zero-order valence-electron chi connectivity index (χ0n) is 14.5. The Hall–Kier alpha value is -3.34. The number of hydrogen-bond donors (Lipinski definition) is 1. The average Bonchev–Trinajstić information content (AvgIpc) is 2.61. The number of benzene rings is 1. The van der Waals surface area contributed by atoms with Crippen LogP contribution in [-0.4, -0.2) is 17.5 Å². The first kappa shape index (κ1) is 19.0. The Kier molecular flexibility index (Phi) is 5.96. The summed E-state index contributed by atoms with van der Waals surface area (Å²) < 4.78 is 10.7. The Morgan fingerprint density at radius 2 is 2.19 bits per heavy atom. The van der Waals surface area contributed by atoms with Crippen molar-refractivity contribution < 1.29 is 19.2 Å². The number of rotatable bonds is 6. The maximum Gasteiger partial charge on any atom is 0.338 e. The summed E-state index contributed by atoms with van der Waals surface area (Å²) in [6.07, 6.45) is 1.09. The van der Waals surface area contributed by atoms with Gasteiger partial charge < -0.3 is 15.2 Å². The SMILES string of the molecule is CCCC1=C(C(=O)OCC)C(c2cccc([N+](=O)[O-])c2)C(C#N)=C(N)O1. The van der Waals surface area contributed by atoms with E-state index in [-0.39, 0.29) is 29.3 Å². The first-order chi connectivity index (χ1) is 12.4. The van der Waals surface area contributed by atoms with Gasteiger partial charge >= 0.3 is 5.97 Å². The smallest absolute Gasteiger partial charge is 0.338 e. The van der Waals surface area contributed by atoms with Gasteiger partial charge in [-0.1, -0.05) is 19.1 Å². The number of ether oxygens (including phenoxy) is 2. The number of carbonyl (C=O) groups excluding carboxylic acids is 1. The highest BCUT2D eigenvalue weighted by molar-refractivity contribution is 5.92. The molecule has 1 aliphatic rings. The fourth-order valence-electron chi connectivity index (χ4n) is 2.81. The van der Waals surface area contributed by atoms with E-state index in [0.29, 0.717) is 24.2 Å². The molecule has 0 aromatic heterocycles. The lowest BCUT2D eigenvalue weighted by atomic mass is 9.82. The number of nitro groups is 1. The second-order valence-electron chi connectivity index (χ2n) is 5.58. The molecule has 1 heterocycles. The number of esters is 1. The van der Waals surface area contributed by atoms with E-state index in [0.717, 1.165) is 0 Å². The molecule has 1 aromatic rings. The Labute approximate surface area is 150 Å². The molecule has 8 nitrogen and oxygen atoms in total. The Morgan fingerprint density at radius 3 is 2.77 bits per heavy atom. The van der Waals surface area contributed by atoms with E-state index in [4.69, 9.17) is 15.2 Å². The van der Waals surface area contributed by atoms with Crippen molar-refractivity contribution in [3.8, 4) is 6.07 Å². The van der Waals surface area contributed by atoms with Gasteiger partial charge in [0.2, 0.25) is 5.88 Å². The van der Waals surface area contributed by atoms with E-state index in [9.17, 15) is 20.2 Å². The number of allylic oxidation sites excluding steroid dienone is 2. The summed E-state index contributed by atoms with van der Waals surface area (Å²) in [5.74, 6) is -1.30. The zero-order valence-corrected chi connectivity index (χ0v) is 14.5. The first-order valence-corrected chi connectivity index (χ1v) is 8.16. The number of hydrogen-bond acceptors (Lipinski definition) is 7. The molecule has 2 N–H and O–H groups in total. The van der Waals surface area contributed by atoms with Crippen LogP contribution >= 0.6 is 0 Å². The summed E-state index contributed by atoms with van der Waals surface area (Å²) in [4.78, 5) is 23.2. The van der Waals surface area contributed by atoms with Gasteiger partial charge in [0.1, 0.15) is 17.4 Å². The van der Waals surface area contributed by atoms with E-state index < -0.39 is 16.8 Å². The predicted molar refractivity (Wildman–Crippen MR) is 92.3 cm³/mol. The molecule has 0 amide bonds. The van der Waals surface area contributed by atoms with Crippen LogP contribution in [0.3, 0.4) is 0 Å². The molecule has 26 heavy (non-hydrogen) atoms. The van der Waals surface area contributed by atoms with Crippen LogP contribution in [0, 0.1) is 21.4 Å². The summed E-state index contributed by atoms with van der Waals surface area (Å²) >= 11 is 0. The maximum absolute atomic E-state index is 12.6.